The lowest BCUT2D eigenvalue weighted by Gasteiger charge is -2.32. The largest absolute Gasteiger partial charge is 0.491 e. The van der Waals surface area contributed by atoms with Crippen LogP contribution >= 0.6 is 0 Å². The van der Waals surface area contributed by atoms with Crippen molar-refractivity contribution < 1.29 is 19.1 Å². The van der Waals surface area contributed by atoms with Gasteiger partial charge in [-0.1, -0.05) is 19.1 Å². The molecule has 1 aliphatic rings. The van der Waals surface area contributed by atoms with Gasteiger partial charge in [0.1, 0.15) is 11.5 Å². The molecule has 0 atom stereocenters. The summed E-state index contributed by atoms with van der Waals surface area (Å²) in [4.78, 5) is 31.6. The third-order valence-corrected chi connectivity index (χ3v) is 6.69. The molecular weight excluding hydrogens is 468 g/mol. The van der Waals surface area contributed by atoms with Crippen LogP contribution in [0.15, 0.2) is 36.4 Å². The lowest BCUT2D eigenvalue weighted by Crippen LogP contribution is -2.47. The van der Waals surface area contributed by atoms with Gasteiger partial charge in [-0.3, -0.25) is 9.59 Å². The van der Waals surface area contributed by atoms with Gasteiger partial charge in [0.2, 0.25) is 5.91 Å². The monoisotopic (exact) mass is 510 g/mol. The van der Waals surface area contributed by atoms with Crippen LogP contribution in [-0.2, 0) is 4.79 Å². The van der Waals surface area contributed by atoms with Crippen LogP contribution in [0.1, 0.15) is 54.9 Å². The second-order valence-corrected chi connectivity index (χ2v) is 9.74. The van der Waals surface area contributed by atoms with Crippen molar-refractivity contribution in [1.29, 1.82) is 0 Å². The molecule has 37 heavy (non-hydrogen) atoms. The molecule has 0 bridgehead atoms. The number of nitrogen functional groups attached to an aromatic ring is 1. The summed E-state index contributed by atoms with van der Waals surface area (Å²) in [5.74, 6) is 1.20. The highest BCUT2D eigenvalue weighted by Crippen LogP contribution is 2.32. The molecule has 0 unspecified atom stereocenters. The number of amides is 2. The van der Waals surface area contributed by atoms with E-state index in [1.165, 1.54) is 0 Å². The number of unbranched alkanes of at least 4 members (excludes halogenated alkanes) is 2. The predicted molar refractivity (Wildman–Crippen MR) is 149 cm³/mol. The number of nitrogens with two attached hydrogens (primary N) is 1. The molecule has 2 aromatic carbocycles. The van der Waals surface area contributed by atoms with Crippen molar-refractivity contribution in [2.45, 2.75) is 46.0 Å². The molecule has 8 heteroatoms. The molecule has 2 N–H and O–H groups in total. The van der Waals surface area contributed by atoms with Crippen molar-refractivity contribution in [1.82, 2.24) is 9.80 Å². The number of aryl methyl sites for hydroxylation is 1. The quantitative estimate of drug-likeness (QED) is 0.337. The van der Waals surface area contributed by atoms with Crippen LogP contribution in [0.3, 0.4) is 0 Å². The fraction of sp³-hybridized carbons (Fsp3) is 0.517. The molecule has 1 fully saturated rings. The fourth-order valence-corrected chi connectivity index (χ4v) is 4.32. The number of anilines is 2. The Morgan fingerprint density at radius 2 is 1.70 bits per heavy atom. The summed E-state index contributed by atoms with van der Waals surface area (Å²) in [7, 11) is 3.81. The fourth-order valence-electron chi connectivity index (χ4n) is 4.32. The van der Waals surface area contributed by atoms with E-state index in [0.29, 0.717) is 48.1 Å². The van der Waals surface area contributed by atoms with Gasteiger partial charge in [-0.05, 0) is 69.5 Å². The molecule has 8 nitrogen and oxygen atoms in total. The van der Waals surface area contributed by atoms with Crippen LogP contribution in [0.2, 0.25) is 0 Å². The topological polar surface area (TPSA) is 88.3 Å². The molecule has 2 amide bonds. The molecule has 0 aliphatic carbocycles. The van der Waals surface area contributed by atoms with Crippen molar-refractivity contribution in [3.8, 4) is 11.5 Å². The molecule has 1 aliphatic heterocycles. The van der Waals surface area contributed by atoms with Crippen molar-refractivity contribution in [2.75, 3.05) is 64.1 Å². The van der Waals surface area contributed by atoms with Crippen molar-refractivity contribution >= 4 is 23.2 Å². The summed E-state index contributed by atoms with van der Waals surface area (Å²) in [5.41, 5.74) is 8.74. The smallest absolute Gasteiger partial charge is 0.260 e. The first-order chi connectivity index (χ1) is 17.8. The van der Waals surface area contributed by atoms with Crippen LogP contribution in [0.4, 0.5) is 11.4 Å². The molecule has 202 valence electrons. The summed E-state index contributed by atoms with van der Waals surface area (Å²) >= 11 is 0. The normalized spacial score (nSPS) is 13.9. The summed E-state index contributed by atoms with van der Waals surface area (Å²) in [5, 5.41) is 0. The minimum Gasteiger partial charge on any atom is -0.491 e. The van der Waals surface area contributed by atoms with E-state index in [2.05, 4.69) is 11.9 Å². The zero-order chi connectivity index (χ0) is 26.8. The maximum Gasteiger partial charge on any atom is 0.260 e. The lowest BCUT2D eigenvalue weighted by atomic mass is 10.1. The van der Waals surface area contributed by atoms with Gasteiger partial charge in [0.05, 0.1) is 30.2 Å². The second kappa shape index (κ2) is 13.9. The van der Waals surface area contributed by atoms with Crippen LogP contribution in [0.5, 0.6) is 11.5 Å². The Morgan fingerprint density at radius 1 is 0.973 bits per heavy atom. The maximum atomic E-state index is 13.4. The second-order valence-electron chi connectivity index (χ2n) is 9.74. The van der Waals surface area contributed by atoms with Gasteiger partial charge in [0, 0.05) is 39.6 Å². The van der Waals surface area contributed by atoms with Crippen LogP contribution in [0, 0.1) is 6.92 Å². The number of carbonyl (C=O) groups is 2. The molecule has 0 spiro atoms. The average Bonchev–Trinajstić information content (AvgIpc) is 2.89. The predicted octanol–water partition coefficient (Wildman–Crippen LogP) is 4.36. The zero-order valence-corrected chi connectivity index (χ0v) is 22.8. The van der Waals surface area contributed by atoms with Gasteiger partial charge in [0.15, 0.2) is 0 Å². The zero-order valence-electron chi connectivity index (χ0n) is 22.8. The number of hydrogen-bond acceptors (Lipinski definition) is 6. The Hall–Kier alpha value is -3.26. The van der Waals surface area contributed by atoms with Gasteiger partial charge in [-0.2, -0.15) is 0 Å². The molecule has 0 aromatic heterocycles. The lowest BCUT2D eigenvalue weighted by molar-refractivity contribution is -0.132. The number of carbonyl (C=O) groups excluding carboxylic acids is 2. The molecule has 0 radical (unpaired) electrons. The third kappa shape index (κ3) is 7.86. The van der Waals surface area contributed by atoms with Gasteiger partial charge in [0.25, 0.3) is 5.91 Å². The first-order valence-corrected chi connectivity index (χ1v) is 13.3. The minimum atomic E-state index is -0.226. The van der Waals surface area contributed by atoms with Crippen molar-refractivity contribution in [3.63, 3.8) is 0 Å². The molecule has 1 saturated heterocycles. The number of hydrogen-bond donors (Lipinski definition) is 1. The number of piperazine rings is 1. The number of benzene rings is 2. The molecule has 3 rings (SSSR count). The summed E-state index contributed by atoms with van der Waals surface area (Å²) < 4.78 is 11.8. The Kier molecular flexibility index (Phi) is 10.6. The standard InChI is InChI=1S/C29H42N4O4/c1-5-19-36-25-11-9-10-23(28(25)30)29(35)32(4)24-14-13-22(2)21-26(24)37-20-8-6-7-12-27(34)33-17-15-31(3)16-18-33/h9-11,13-14,21H,5-8,12,15-20,30H2,1-4H3. The van der Waals surface area contributed by atoms with E-state index in [1.54, 1.807) is 30.1 Å². The molecular formula is C29H42N4O4. The third-order valence-electron chi connectivity index (χ3n) is 6.69. The van der Waals surface area contributed by atoms with Gasteiger partial charge >= 0.3 is 0 Å². The van der Waals surface area contributed by atoms with E-state index in [0.717, 1.165) is 57.4 Å². The Balaban J connectivity index is 1.54. The van der Waals surface area contributed by atoms with Crippen LogP contribution in [-0.4, -0.2) is 75.1 Å². The van der Waals surface area contributed by atoms with Crippen molar-refractivity contribution in [3.05, 3.63) is 47.5 Å². The van der Waals surface area contributed by atoms with E-state index in [9.17, 15) is 9.59 Å². The molecule has 2 aromatic rings. The minimum absolute atomic E-state index is 0.226. The highest BCUT2D eigenvalue weighted by Gasteiger charge is 2.21. The molecule has 1 heterocycles. The van der Waals surface area contributed by atoms with Gasteiger partial charge in [-0.15, -0.1) is 0 Å². The van der Waals surface area contributed by atoms with Gasteiger partial charge in [-0.25, -0.2) is 0 Å². The highest BCUT2D eigenvalue weighted by atomic mass is 16.5. The van der Waals surface area contributed by atoms with Crippen LogP contribution < -0.4 is 20.1 Å². The summed E-state index contributed by atoms with van der Waals surface area (Å²) in [6.07, 6.45) is 4.04. The first kappa shape index (κ1) is 28.3. The SMILES string of the molecule is CCCOc1cccc(C(=O)N(C)c2ccc(C)cc2OCCCCCC(=O)N2CCN(C)CC2)c1N. The Bertz CT molecular complexity index is 1050. The Labute approximate surface area is 221 Å². The average molecular weight is 511 g/mol. The van der Waals surface area contributed by atoms with Crippen LogP contribution in [0.25, 0.3) is 0 Å². The first-order valence-electron chi connectivity index (χ1n) is 13.3. The number of rotatable bonds is 12. The van der Waals surface area contributed by atoms with Gasteiger partial charge < -0.3 is 29.9 Å². The number of para-hydroxylation sites is 1. The summed E-state index contributed by atoms with van der Waals surface area (Å²) in [6.45, 7) is 8.60. The number of likely N-dealkylation sites (N-methyl/N-ethyl adjacent to an activating group) is 1. The highest BCUT2D eigenvalue weighted by molar-refractivity contribution is 6.10. The summed E-state index contributed by atoms with van der Waals surface area (Å²) in [6, 6.07) is 11.1. The van der Waals surface area contributed by atoms with E-state index in [4.69, 9.17) is 15.2 Å². The van der Waals surface area contributed by atoms with E-state index < -0.39 is 0 Å². The van der Waals surface area contributed by atoms with E-state index in [1.807, 2.05) is 36.9 Å². The molecule has 0 saturated carbocycles. The maximum absolute atomic E-state index is 13.4. The van der Waals surface area contributed by atoms with E-state index in [-0.39, 0.29) is 11.8 Å². The number of nitrogens with zero attached hydrogens (tertiary/aromatic N) is 3. The number of ether oxygens (including phenoxy) is 2. The Morgan fingerprint density at radius 3 is 2.43 bits per heavy atom. The van der Waals surface area contributed by atoms with E-state index >= 15 is 0 Å². The van der Waals surface area contributed by atoms with Crippen molar-refractivity contribution in [2.24, 2.45) is 0 Å².